The Bertz CT molecular complexity index is 411. The van der Waals surface area contributed by atoms with Gasteiger partial charge >= 0.3 is 12.1 Å². The van der Waals surface area contributed by atoms with E-state index < -0.39 is 23.7 Å². The van der Waals surface area contributed by atoms with Crippen molar-refractivity contribution < 1.29 is 19.4 Å². The van der Waals surface area contributed by atoms with Gasteiger partial charge in [0, 0.05) is 17.1 Å². The minimum absolute atomic E-state index is 0.211. The van der Waals surface area contributed by atoms with E-state index in [-0.39, 0.29) is 6.42 Å². The van der Waals surface area contributed by atoms with Crippen LogP contribution >= 0.6 is 11.5 Å². The average molecular weight is 272 g/mol. The molecule has 0 spiro atoms. The molecule has 0 fully saturated rings. The van der Waals surface area contributed by atoms with Crippen LogP contribution in [0.1, 0.15) is 38.8 Å². The number of carboxylic acids is 1. The van der Waals surface area contributed by atoms with Gasteiger partial charge in [-0.15, -0.1) is 0 Å². The molecule has 6 nitrogen and oxygen atoms in total. The Hall–Kier alpha value is -1.63. The number of nitrogens with one attached hydrogen (secondary N) is 1. The Morgan fingerprint density at radius 3 is 2.67 bits per heavy atom. The van der Waals surface area contributed by atoms with Crippen LogP contribution in [0.3, 0.4) is 0 Å². The molecular weight excluding hydrogens is 256 g/mol. The van der Waals surface area contributed by atoms with Crippen molar-refractivity contribution in [2.45, 2.75) is 38.8 Å². The summed E-state index contributed by atoms with van der Waals surface area (Å²) in [6.45, 7) is 5.22. The zero-order valence-corrected chi connectivity index (χ0v) is 11.3. The van der Waals surface area contributed by atoms with Crippen molar-refractivity contribution in [2.24, 2.45) is 0 Å². The highest BCUT2D eigenvalue weighted by molar-refractivity contribution is 7.03. The van der Waals surface area contributed by atoms with Gasteiger partial charge in [-0.05, 0) is 32.3 Å². The van der Waals surface area contributed by atoms with Gasteiger partial charge in [-0.2, -0.15) is 0 Å². The first-order chi connectivity index (χ1) is 8.28. The molecule has 100 valence electrons. The summed E-state index contributed by atoms with van der Waals surface area (Å²) in [4.78, 5) is 22.4. The molecule has 1 aromatic rings. The molecule has 0 bridgehead atoms. The standard InChI is InChI=1S/C11H16N2O4S/c1-11(2,3)17-10(16)13-8(4-9(14)15)7-5-12-18-6-7/h5-6,8H,4H2,1-3H3,(H,13,16)(H,14,15)/t8-/m1/s1. The number of amides is 1. The fraction of sp³-hybridized carbons (Fsp3) is 0.545. The first kappa shape index (κ1) is 14.4. The van der Waals surface area contributed by atoms with Gasteiger partial charge in [0.05, 0.1) is 12.5 Å². The molecule has 1 rings (SSSR count). The van der Waals surface area contributed by atoms with E-state index in [9.17, 15) is 9.59 Å². The van der Waals surface area contributed by atoms with Gasteiger partial charge in [-0.25, -0.2) is 9.17 Å². The topological polar surface area (TPSA) is 88.5 Å². The molecule has 7 heteroatoms. The SMILES string of the molecule is CC(C)(C)OC(=O)N[C@H](CC(=O)O)c1cnsc1. The number of alkyl carbamates (subject to hydrolysis) is 1. The van der Waals surface area contributed by atoms with E-state index in [0.29, 0.717) is 5.56 Å². The Morgan fingerprint density at radius 2 is 2.22 bits per heavy atom. The minimum Gasteiger partial charge on any atom is -0.481 e. The van der Waals surface area contributed by atoms with Crippen molar-refractivity contribution in [3.8, 4) is 0 Å². The van der Waals surface area contributed by atoms with Crippen LogP contribution in [-0.4, -0.2) is 27.1 Å². The Morgan fingerprint density at radius 1 is 1.56 bits per heavy atom. The summed E-state index contributed by atoms with van der Waals surface area (Å²) in [5.74, 6) is -0.998. The number of carbonyl (C=O) groups is 2. The van der Waals surface area contributed by atoms with Crippen molar-refractivity contribution in [1.82, 2.24) is 9.69 Å². The summed E-state index contributed by atoms with van der Waals surface area (Å²) in [6.07, 6.45) is 0.688. The molecule has 0 saturated carbocycles. The first-order valence-corrected chi connectivity index (χ1v) is 6.22. The average Bonchev–Trinajstić information content (AvgIpc) is 2.64. The smallest absolute Gasteiger partial charge is 0.408 e. The zero-order valence-electron chi connectivity index (χ0n) is 10.5. The van der Waals surface area contributed by atoms with Gasteiger partial charge in [0.2, 0.25) is 0 Å². The monoisotopic (exact) mass is 272 g/mol. The highest BCUT2D eigenvalue weighted by Gasteiger charge is 2.22. The van der Waals surface area contributed by atoms with Gasteiger partial charge in [-0.3, -0.25) is 4.79 Å². The third kappa shape index (κ3) is 5.13. The Kier molecular flexibility index (Phi) is 4.66. The second-order valence-corrected chi connectivity index (χ2v) is 5.41. The second-order valence-electron chi connectivity index (χ2n) is 4.75. The molecule has 18 heavy (non-hydrogen) atoms. The first-order valence-electron chi connectivity index (χ1n) is 5.38. The molecule has 1 atom stereocenters. The number of carbonyl (C=O) groups excluding carboxylic acids is 1. The van der Waals surface area contributed by atoms with Gasteiger partial charge in [0.15, 0.2) is 0 Å². The number of aliphatic carboxylic acids is 1. The van der Waals surface area contributed by atoms with Gasteiger partial charge < -0.3 is 15.2 Å². The van der Waals surface area contributed by atoms with E-state index >= 15 is 0 Å². The summed E-state index contributed by atoms with van der Waals surface area (Å²) in [5.41, 5.74) is 0.0401. The minimum atomic E-state index is -0.998. The van der Waals surface area contributed by atoms with Gasteiger partial charge in [-0.1, -0.05) is 0 Å². The van der Waals surface area contributed by atoms with E-state index in [0.717, 1.165) is 0 Å². The summed E-state index contributed by atoms with van der Waals surface area (Å²) in [6, 6.07) is -0.629. The third-order valence-electron chi connectivity index (χ3n) is 1.92. The summed E-state index contributed by atoms with van der Waals surface area (Å²) in [7, 11) is 0. The quantitative estimate of drug-likeness (QED) is 0.877. The molecule has 0 radical (unpaired) electrons. The van der Waals surface area contributed by atoms with Crippen LogP contribution in [0.2, 0.25) is 0 Å². The Labute approximate surface area is 109 Å². The predicted molar refractivity (Wildman–Crippen MR) is 66.5 cm³/mol. The van der Waals surface area contributed by atoms with Crippen LogP contribution in [0, 0.1) is 0 Å². The number of carboxylic acid groups (broad SMARTS) is 1. The molecule has 1 aromatic heterocycles. The van der Waals surface area contributed by atoms with Crippen molar-refractivity contribution in [3.63, 3.8) is 0 Å². The zero-order chi connectivity index (χ0) is 13.8. The largest absolute Gasteiger partial charge is 0.481 e. The van der Waals surface area contributed by atoms with Crippen molar-refractivity contribution >= 4 is 23.6 Å². The van der Waals surface area contributed by atoms with Gasteiger partial charge in [0.25, 0.3) is 0 Å². The third-order valence-corrected chi connectivity index (χ3v) is 2.53. The molecule has 0 aromatic carbocycles. The number of rotatable bonds is 4. The molecule has 1 amide bonds. The molecule has 0 saturated heterocycles. The molecule has 2 N–H and O–H groups in total. The van der Waals surface area contributed by atoms with Crippen LogP contribution in [0.4, 0.5) is 4.79 Å². The van der Waals surface area contributed by atoms with Crippen molar-refractivity contribution in [2.75, 3.05) is 0 Å². The lowest BCUT2D eigenvalue weighted by atomic mass is 10.1. The van der Waals surface area contributed by atoms with E-state index in [4.69, 9.17) is 9.84 Å². The van der Waals surface area contributed by atoms with Crippen LogP contribution in [0.5, 0.6) is 0 Å². The summed E-state index contributed by atoms with van der Waals surface area (Å²) < 4.78 is 8.98. The highest BCUT2D eigenvalue weighted by Crippen LogP contribution is 2.19. The van der Waals surface area contributed by atoms with Crippen LogP contribution in [-0.2, 0) is 9.53 Å². The fourth-order valence-corrected chi connectivity index (χ4v) is 1.85. The van der Waals surface area contributed by atoms with Crippen molar-refractivity contribution in [3.05, 3.63) is 17.1 Å². The molecular formula is C11H16N2O4S. The normalized spacial score (nSPS) is 12.8. The predicted octanol–water partition coefficient (Wildman–Crippen LogP) is 2.18. The number of hydrogen-bond donors (Lipinski definition) is 2. The maximum absolute atomic E-state index is 11.6. The number of hydrogen-bond acceptors (Lipinski definition) is 5. The fourth-order valence-electron chi connectivity index (χ4n) is 1.26. The summed E-state index contributed by atoms with van der Waals surface area (Å²) >= 11 is 1.20. The summed E-state index contributed by atoms with van der Waals surface area (Å²) in [5, 5.41) is 13.1. The van der Waals surface area contributed by atoms with Crippen molar-refractivity contribution in [1.29, 1.82) is 0 Å². The molecule has 0 aliphatic heterocycles. The lowest BCUT2D eigenvalue weighted by molar-refractivity contribution is -0.137. The van der Waals surface area contributed by atoms with Crippen LogP contribution in [0.15, 0.2) is 11.6 Å². The molecule has 0 aliphatic rings. The van der Waals surface area contributed by atoms with Gasteiger partial charge in [0.1, 0.15) is 5.60 Å². The van der Waals surface area contributed by atoms with E-state index in [1.54, 1.807) is 26.2 Å². The number of nitrogens with zero attached hydrogens (tertiary/aromatic N) is 1. The maximum atomic E-state index is 11.6. The van der Waals surface area contributed by atoms with E-state index in [1.807, 2.05) is 0 Å². The second kappa shape index (κ2) is 5.81. The Balaban J connectivity index is 2.68. The molecule has 0 aliphatic carbocycles. The number of ether oxygens (including phenoxy) is 1. The van der Waals surface area contributed by atoms with Crippen LogP contribution < -0.4 is 5.32 Å². The van der Waals surface area contributed by atoms with Crippen LogP contribution in [0.25, 0.3) is 0 Å². The van der Waals surface area contributed by atoms with E-state index in [2.05, 4.69) is 9.69 Å². The molecule has 1 heterocycles. The lowest BCUT2D eigenvalue weighted by Crippen LogP contribution is -2.35. The molecule has 0 unspecified atom stereocenters. The highest BCUT2D eigenvalue weighted by atomic mass is 32.1. The lowest BCUT2D eigenvalue weighted by Gasteiger charge is -2.22. The maximum Gasteiger partial charge on any atom is 0.408 e. The van der Waals surface area contributed by atoms with E-state index in [1.165, 1.54) is 17.7 Å². The number of aromatic nitrogens is 1.